The van der Waals surface area contributed by atoms with Crippen LogP contribution < -0.4 is 5.73 Å². The lowest BCUT2D eigenvalue weighted by Gasteiger charge is -2.38. The Labute approximate surface area is 111 Å². The number of aromatic nitrogens is 2. The van der Waals surface area contributed by atoms with Gasteiger partial charge in [0.15, 0.2) is 0 Å². The summed E-state index contributed by atoms with van der Waals surface area (Å²) in [5, 5.41) is 4.29. The van der Waals surface area contributed by atoms with Gasteiger partial charge in [0.1, 0.15) is 0 Å². The van der Waals surface area contributed by atoms with Crippen LogP contribution in [-0.4, -0.2) is 33.3 Å². The summed E-state index contributed by atoms with van der Waals surface area (Å²) in [5.41, 5.74) is 7.58. The summed E-state index contributed by atoms with van der Waals surface area (Å²) in [6.45, 7) is 9.87. The maximum atomic E-state index is 6.35. The van der Waals surface area contributed by atoms with Crippen molar-refractivity contribution in [1.82, 2.24) is 14.7 Å². The topological polar surface area (TPSA) is 47.1 Å². The zero-order valence-electron chi connectivity index (χ0n) is 12.4. The molecule has 4 nitrogen and oxygen atoms in total. The van der Waals surface area contributed by atoms with E-state index in [1.54, 1.807) is 0 Å². The van der Waals surface area contributed by atoms with E-state index < -0.39 is 0 Å². The molecule has 3 unspecified atom stereocenters. The molecule has 18 heavy (non-hydrogen) atoms. The molecule has 0 bridgehead atoms. The van der Waals surface area contributed by atoms with Gasteiger partial charge in [-0.1, -0.05) is 20.8 Å². The second-order valence-electron chi connectivity index (χ2n) is 5.05. The summed E-state index contributed by atoms with van der Waals surface area (Å²) in [6, 6.07) is 0.963. The summed E-state index contributed by atoms with van der Waals surface area (Å²) >= 11 is 0. The van der Waals surface area contributed by atoms with Gasteiger partial charge in [-0.3, -0.25) is 9.58 Å². The molecule has 0 saturated heterocycles. The zero-order valence-corrected chi connectivity index (χ0v) is 12.4. The molecule has 0 aliphatic carbocycles. The molecular weight excluding hydrogens is 224 g/mol. The lowest BCUT2D eigenvalue weighted by atomic mass is 9.97. The van der Waals surface area contributed by atoms with Crippen molar-refractivity contribution in [3.8, 4) is 0 Å². The van der Waals surface area contributed by atoms with Crippen molar-refractivity contribution in [2.75, 3.05) is 6.54 Å². The van der Waals surface area contributed by atoms with Gasteiger partial charge in [-0.05, 0) is 26.3 Å². The molecule has 0 aromatic carbocycles. The Bertz CT molecular complexity index is 347. The fourth-order valence-corrected chi connectivity index (χ4v) is 2.52. The summed E-state index contributed by atoms with van der Waals surface area (Å²) in [7, 11) is 1.96. The summed E-state index contributed by atoms with van der Waals surface area (Å²) in [5.74, 6) is 0. The van der Waals surface area contributed by atoms with Crippen molar-refractivity contribution >= 4 is 0 Å². The van der Waals surface area contributed by atoms with Crippen molar-refractivity contribution in [3.05, 3.63) is 18.0 Å². The van der Waals surface area contributed by atoms with E-state index in [-0.39, 0.29) is 12.1 Å². The normalized spacial score (nSPS) is 16.8. The smallest absolute Gasteiger partial charge is 0.0538 e. The highest BCUT2D eigenvalue weighted by atomic mass is 15.3. The van der Waals surface area contributed by atoms with Crippen LogP contribution >= 0.6 is 0 Å². The van der Waals surface area contributed by atoms with E-state index in [1.165, 1.54) is 5.56 Å². The minimum absolute atomic E-state index is 0.156. The molecular formula is C14H28N4. The standard InChI is InChI=1S/C14H28N4/c1-6-11(4)18(8-3)14(13(15)7-2)12-9-16-17(5)10-12/h9-11,13-14H,6-8,15H2,1-5H3. The molecule has 2 N–H and O–H groups in total. The van der Waals surface area contributed by atoms with Gasteiger partial charge in [-0.15, -0.1) is 0 Å². The minimum Gasteiger partial charge on any atom is -0.326 e. The van der Waals surface area contributed by atoms with Gasteiger partial charge in [0.2, 0.25) is 0 Å². The Kier molecular flexibility index (Phi) is 5.82. The van der Waals surface area contributed by atoms with Crippen LogP contribution in [-0.2, 0) is 7.05 Å². The van der Waals surface area contributed by atoms with Crippen molar-refractivity contribution in [2.45, 2.75) is 58.7 Å². The van der Waals surface area contributed by atoms with E-state index in [0.717, 1.165) is 19.4 Å². The molecule has 0 radical (unpaired) electrons. The monoisotopic (exact) mass is 252 g/mol. The maximum absolute atomic E-state index is 6.35. The highest BCUT2D eigenvalue weighted by Gasteiger charge is 2.28. The van der Waals surface area contributed by atoms with Gasteiger partial charge in [0, 0.05) is 30.9 Å². The molecule has 1 aromatic rings. The van der Waals surface area contributed by atoms with Crippen molar-refractivity contribution in [3.63, 3.8) is 0 Å². The second-order valence-corrected chi connectivity index (χ2v) is 5.05. The van der Waals surface area contributed by atoms with Gasteiger partial charge < -0.3 is 5.73 Å². The first-order valence-electron chi connectivity index (χ1n) is 7.04. The van der Waals surface area contributed by atoms with Crippen LogP contribution in [0.25, 0.3) is 0 Å². The average Bonchev–Trinajstić information content (AvgIpc) is 2.80. The molecule has 0 amide bonds. The molecule has 1 heterocycles. The molecule has 0 aliphatic heterocycles. The number of aryl methyl sites for hydroxylation is 1. The fourth-order valence-electron chi connectivity index (χ4n) is 2.52. The molecule has 3 atom stereocenters. The van der Waals surface area contributed by atoms with Crippen LogP contribution in [0.4, 0.5) is 0 Å². The predicted octanol–water partition coefficient (Wildman–Crippen LogP) is 2.32. The summed E-state index contributed by atoms with van der Waals surface area (Å²) in [6.07, 6.45) is 6.16. The lowest BCUT2D eigenvalue weighted by molar-refractivity contribution is 0.125. The molecule has 0 saturated carbocycles. The number of hydrogen-bond acceptors (Lipinski definition) is 3. The van der Waals surface area contributed by atoms with E-state index >= 15 is 0 Å². The minimum atomic E-state index is 0.156. The molecule has 1 aromatic heterocycles. The second kappa shape index (κ2) is 6.90. The van der Waals surface area contributed by atoms with E-state index in [0.29, 0.717) is 6.04 Å². The molecule has 0 spiro atoms. The van der Waals surface area contributed by atoms with Crippen LogP contribution in [0.2, 0.25) is 0 Å². The molecule has 0 aliphatic rings. The molecule has 104 valence electrons. The van der Waals surface area contributed by atoms with Gasteiger partial charge in [-0.25, -0.2) is 0 Å². The van der Waals surface area contributed by atoms with Crippen LogP contribution in [0.1, 0.15) is 52.1 Å². The first-order valence-corrected chi connectivity index (χ1v) is 7.04. The third-order valence-electron chi connectivity index (χ3n) is 3.82. The molecule has 4 heteroatoms. The van der Waals surface area contributed by atoms with Crippen LogP contribution in [0.3, 0.4) is 0 Å². The summed E-state index contributed by atoms with van der Waals surface area (Å²) in [4.78, 5) is 2.49. The molecule has 1 rings (SSSR count). The largest absolute Gasteiger partial charge is 0.326 e. The Morgan fingerprint density at radius 3 is 2.39 bits per heavy atom. The fraction of sp³-hybridized carbons (Fsp3) is 0.786. The Morgan fingerprint density at radius 2 is 2.00 bits per heavy atom. The van der Waals surface area contributed by atoms with Crippen molar-refractivity contribution < 1.29 is 0 Å². The first kappa shape index (κ1) is 15.2. The third kappa shape index (κ3) is 3.33. The lowest BCUT2D eigenvalue weighted by Crippen LogP contribution is -2.44. The Morgan fingerprint density at radius 1 is 1.33 bits per heavy atom. The van der Waals surface area contributed by atoms with E-state index in [9.17, 15) is 0 Å². The zero-order chi connectivity index (χ0) is 13.7. The van der Waals surface area contributed by atoms with E-state index in [1.807, 2.05) is 17.9 Å². The molecule has 0 fully saturated rings. The third-order valence-corrected chi connectivity index (χ3v) is 3.82. The number of likely N-dealkylation sites (N-methyl/N-ethyl adjacent to an activating group) is 1. The summed E-state index contributed by atoms with van der Waals surface area (Å²) < 4.78 is 1.86. The van der Waals surface area contributed by atoms with E-state index in [4.69, 9.17) is 5.73 Å². The van der Waals surface area contributed by atoms with Gasteiger partial charge in [0.05, 0.1) is 12.2 Å². The number of hydrogen-bond donors (Lipinski definition) is 1. The predicted molar refractivity (Wildman–Crippen MR) is 76.3 cm³/mol. The quantitative estimate of drug-likeness (QED) is 0.810. The number of nitrogens with zero attached hydrogens (tertiary/aromatic N) is 3. The van der Waals surface area contributed by atoms with Gasteiger partial charge in [0.25, 0.3) is 0 Å². The Balaban J connectivity index is 3.03. The SMILES string of the molecule is CCC(N)C(c1cnn(C)c1)N(CC)C(C)CC. The number of rotatable bonds is 7. The Hall–Kier alpha value is -0.870. The highest BCUT2D eigenvalue weighted by molar-refractivity contribution is 5.13. The van der Waals surface area contributed by atoms with Crippen molar-refractivity contribution in [1.29, 1.82) is 0 Å². The van der Waals surface area contributed by atoms with Crippen LogP contribution in [0.15, 0.2) is 12.4 Å². The van der Waals surface area contributed by atoms with E-state index in [2.05, 4.69) is 43.9 Å². The maximum Gasteiger partial charge on any atom is 0.0538 e. The van der Waals surface area contributed by atoms with Crippen molar-refractivity contribution in [2.24, 2.45) is 12.8 Å². The van der Waals surface area contributed by atoms with Crippen LogP contribution in [0, 0.1) is 0 Å². The number of nitrogens with two attached hydrogens (primary N) is 1. The van der Waals surface area contributed by atoms with Gasteiger partial charge >= 0.3 is 0 Å². The van der Waals surface area contributed by atoms with Crippen LogP contribution in [0.5, 0.6) is 0 Å². The highest BCUT2D eigenvalue weighted by Crippen LogP contribution is 2.27. The average molecular weight is 252 g/mol. The van der Waals surface area contributed by atoms with Gasteiger partial charge in [-0.2, -0.15) is 5.10 Å². The first-order chi connectivity index (χ1) is 8.54.